The third-order valence-corrected chi connectivity index (χ3v) is 3.50. The minimum absolute atomic E-state index is 0.0287. The molecule has 20 heavy (non-hydrogen) atoms. The van der Waals surface area contributed by atoms with Gasteiger partial charge in [0.25, 0.3) is 0 Å². The van der Waals surface area contributed by atoms with E-state index in [2.05, 4.69) is 20.7 Å². The number of methoxy groups -OCH3 is 1. The Labute approximate surface area is 122 Å². The number of nitro groups is 1. The molecule has 0 amide bonds. The van der Waals surface area contributed by atoms with Crippen LogP contribution in [0.3, 0.4) is 0 Å². The van der Waals surface area contributed by atoms with Crippen LogP contribution in [0.2, 0.25) is 0 Å². The van der Waals surface area contributed by atoms with Crippen molar-refractivity contribution < 1.29 is 23.6 Å². The molecule has 1 aromatic rings. The highest BCUT2D eigenvalue weighted by Crippen LogP contribution is 2.41. The molecule has 108 valence electrons. The van der Waals surface area contributed by atoms with Gasteiger partial charge in [-0.1, -0.05) is 0 Å². The number of ether oxygens (including phenoxy) is 2. The average molecular weight is 348 g/mol. The fourth-order valence-corrected chi connectivity index (χ4v) is 2.29. The first kappa shape index (κ1) is 14.7. The van der Waals surface area contributed by atoms with E-state index in [-0.39, 0.29) is 16.1 Å². The van der Waals surface area contributed by atoms with Gasteiger partial charge in [-0.2, -0.15) is 0 Å². The molecule has 0 spiro atoms. The Morgan fingerprint density at radius 3 is 2.70 bits per heavy atom. The smallest absolute Gasteiger partial charge is 0.347 e. The Bertz CT molecular complexity index is 561. The van der Waals surface area contributed by atoms with Crippen molar-refractivity contribution in [1.82, 2.24) is 0 Å². The summed E-state index contributed by atoms with van der Waals surface area (Å²) in [5, 5.41) is 11.0. The number of carbonyl (C=O) groups excluding carboxylic acids is 1. The van der Waals surface area contributed by atoms with E-state index in [1.54, 1.807) is 0 Å². The minimum Gasteiger partial charge on any atom is -0.470 e. The van der Waals surface area contributed by atoms with E-state index in [1.165, 1.54) is 7.11 Å². The molecule has 0 bridgehead atoms. The van der Waals surface area contributed by atoms with Gasteiger partial charge < -0.3 is 9.47 Å². The Hall–Kier alpha value is -1.70. The monoisotopic (exact) mass is 347 g/mol. The molecule has 1 fully saturated rings. The lowest BCUT2D eigenvalue weighted by atomic mass is 10.2. The third kappa shape index (κ3) is 3.06. The number of benzene rings is 1. The molecule has 8 heteroatoms. The highest BCUT2D eigenvalue weighted by molar-refractivity contribution is 9.10. The summed E-state index contributed by atoms with van der Waals surface area (Å²) in [4.78, 5) is 21.8. The highest BCUT2D eigenvalue weighted by atomic mass is 79.9. The predicted octanol–water partition coefficient (Wildman–Crippen LogP) is 2.83. The van der Waals surface area contributed by atoms with Crippen LogP contribution in [0.1, 0.15) is 12.8 Å². The van der Waals surface area contributed by atoms with Gasteiger partial charge in [0, 0.05) is 5.92 Å². The van der Waals surface area contributed by atoms with Gasteiger partial charge in [0.15, 0.2) is 6.10 Å². The van der Waals surface area contributed by atoms with Crippen LogP contribution in [0.15, 0.2) is 16.6 Å². The van der Waals surface area contributed by atoms with Gasteiger partial charge in [0.1, 0.15) is 5.82 Å². The maximum atomic E-state index is 13.2. The number of nitrogens with zero attached hydrogens (tertiary/aromatic N) is 1. The van der Waals surface area contributed by atoms with Crippen LogP contribution in [0, 0.1) is 21.8 Å². The molecule has 0 radical (unpaired) electrons. The summed E-state index contributed by atoms with van der Waals surface area (Å²) in [6.07, 6.45) is 0.652. The lowest BCUT2D eigenvalue weighted by Crippen LogP contribution is -2.31. The second-order valence-electron chi connectivity index (χ2n) is 4.39. The molecular weight excluding hydrogens is 337 g/mol. The lowest BCUT2D eigenvalue weighted by molar-refractivity contribution is -0.386. The summed E-state index contributed by atoms with van der Waals surface area (Å²) in [7, 11) is 1.22. The molecule has 2 rings (SSSR count). The van der Waals surface area contributed by atoms with Crippen molar-refractivity contribution in [2.24, 2.45) is 5.92 Å². The molecule has 1 aliphatic carbocycles. The van der Waals surface area contributed by atoms with Crippen molar-refractivity contribution in [2.45, 2.75) is 18.9 Å². The van der Waals surface area contributed by atoms with Gasteiger partial charge in [-0.05, 0) is 34.8 Å². The SMILES string of the molecule is COC(=O)C(Oc1c(Br)cc(F)cc1[N+](=O)[O-])C1CC1. The topological polar surface area (TPSA) is 78.7 Å². The summed E-state index contributed by atoms with van der Waals surface area (Å²) in [5.74, 6) is -1.56. The molecule has 1 unspecified atom stereocenters. The van der Waals surface area contributed by atoms with E-state index in [9.17, 15) is 19.3 Å². The number of nitro benzene ring substituents is 1. The second-order valence-corrected chi connectivity index (χ2v) is 5.25. The molecule has 0 N–H and O–H groups in total. The standard InChI is InChI=1S/C12H11BrFNO5/c1-19-12(16)10(6-2-3-6)20-11-8(13)4-7(14)5-9(11)15(17)18/h4-6,10H,2-3H2,1H3. The molecule has 1 atom stereocenters. The van der Waals surface area contributed by atoms with E-state index in [4.69, 9.17) is 4.74 Å². The zero-order chi connectivity index (χ0) is 14.9. The molecular formula is C12H11BrFNO5. The molecule has 0 aliphatic heterocycles. The van der Waals surface area contributed by atoms with E-state index in [1.807, 2.05) is 0 Å². The fourth-order valence-electron chi connectivity index (χ4n) is 1.78. The Kier molecular flexibility index (Phi) is 4.22. The van der Waals surface area contributed by atoms with Gasteiger partial charge in [0.05, 0.1) is 22.6 Å². The largest absolute Gasteiger partial charge is 0.470 e. The number of esters is 1. The van der Waals surface area contributed by atoms with Crippen LogP contribution in [0.4, 0.5) is 10.1 Å². The first-order valence-corrected chi connectivity index (χ1v) is 6.61. The number of hydrogen-bond acceptors (Lipinski definition) is 5. The Morgan fingerprint density at radius 1 is 1.55 bits per heavy atom. The van der Waals surface area contributed by atoms with Crippen LogP contribution in [0.5, 0.6) is 5.75 Å². The van der Waals surface area contributed by atoms with Crippen molar-refractivity contribution in [1.29, 1.82) is 0 Å². The van der Waals surface area contributed by atoms with Gasteiger partial charge >= 0.3 is 11.7 Å². The van der Waals surface area contributed by atoms with E-state index >= 15 is 0 Å². The van der Waals surface area contributed by atoms with E-state index in [0.29, 0.717) is 0 Å². The van der Waals surface area contributed by atoms with Crippen molar-refractivity contribution in [3.05, 3.63) is 32.5 Å². The molecule has 0 saturated heterocycles. The molecule has 0 aromatic heterocycles. The fraction of sp³-hybridized carbons (Fsp3) is 0.417. The first-order valence-electron chi connectivity index (χ1n) is 5.82. The summed E-state index contributed by atoms with van der Waals surface area (Å²) >= 11 is 3.01. The van der Waals surface area contributed by atoms with Crippen LogP contribution in [-0.2, 0) is 9.53 Å². The van der Waals surface area contributed by atoms with Gasteiger partial charge in [0.2, 0.25) is 5.75 Å². The highest BCUT2D eigenvalue weighted by Gasteiger charge is 2.40. The molecule has 1 saturated carbocycles. The predicted molar refractivity (Wildman–Crippen MR) is 69.9 cm³/mol. The van der Waals surface area contributed by atoms with E-state index in [0.717, 1.165) is 25.0 Å². The second kappa shape index (κ2) is 5.74. The average Bonchev–Trinajstić information content (AvgIpc) is 3.20. The number of carbonyl (C=O) groups is 1. The third-order valence-electron chi connectivity index (χ3n) is 2.91. The minimum atomic E-state index is -0.916. The summed E-state index contributed by atoms with van der Waals surface area (Å²) < 4.78 is 23.4. The number of hydrogen-bond donors (Lipinski definition) is 0. The maximum absolute atomic E-state index is 13.2. The maximum Gasteiger partial charge on any atom is 0.347 e. The summed E-state index contributed by atoms with van der Waals surface area (Å²) in [5.41, 5.74) is -0.536. The van der Waals surface area contributed by atoms with Gasteiger partial charge in [-0.15, -0.1) is 0 Å². The number of halogens is 2. The Balaban J connectivity index is 2.36. The molecule has 6 nitrogen and oxygen atoms in total. The van der Waals surface area contributed by atoms with Crippen molar-refractivity contribution in [2.75, 3.05) is 7.11 Å². The normalized spacial score (nSPS) is 15.6. The van der Waals surface area contributed by atoms with Gasteiger partial charge in [-0.25, -0.2) is 9.18 Å². The van der Waals surface area contributed by atoms with Crippen LogP contribution in [0.25, 0.3) is 0 Å². The Morgan fingerprint density at radius 2 is 2.20 bits per heavy atom. The molecule has 1 aromatic carbocycles. The lowest BCUT2D eigenvalue weighted by Gasteiger charge is -2.17. The summed E-state index contributed by atoms with van der Waals surface area (Å²) in [6, 6.07) is 1.80. The van der Waals surface area contributed by atoms with Crippen LogP contribution < -0.4 is 4.74 Å². The molecule has 0 heterocycles. The first-order chi connectivity index (χ1) is 9.43. The van der Waals surface area contributed by atoms with E-state index < -0.39 is 28.5 Å². The van der Waals surface area contributed by atoms with Gasteiger partial charge in [-0.3, -0.25) is 10.1 Å². The summed E-state index contributed by atoms with van der Waals surface area (Å²) in [6.45, 7) is 0. The zero-order valence-corrected chi connectivity index (χ0v) is 12.1. The van der Waals surface area contributed by atoms with Crippen molar-refractivity contribution >= 4 is 27.6 Å². The van der Waals surface area contributed by atoms with Crippen molar-refractivity contribution in [3.63, 3.8) is 0 Å². The molecule has 1 aliphatic rings. The van der Waals surface area contributed by atoms with Crippen LogP contribution >= 0.6 is 15.9 Å². The quantitative estimate of drug-likeness (QED) is 0.465. The zero-order valence-electron chi connectivity index (χ0n) is 10.5. The van der Waals surface area contributed by atoms with Crippen molar-refractivity contribution in [3.8, 4) is 5.75 Å². The number of rotatable bonds is 5. The van der Waals surface area contributed by atoms with Crippen LogP contribution in [-0.4, -0.2) is 24.1 Å².